The number of ether oxygens (including phenoxy) is 1. The summed E-state index contributed by atoms with van der Waals surface area (Å²) in [5, 5.41) is 9.70. The number of hydrogen-bond donors (Lipinski definition) is 1. The zero-order valence-electron chi connectivity index (χ0n) is 13.0. The Morgan fingerprint density at radius 2 is 1.89 bits per heavy atom. The lowest BCUT2D eigenvalue weighted by Gasteiger charge is -2.34. The third-order valence-corrected chi connectivity index (χ3v) is 3.79. The van der Waals surface area contributed by atoms with Gasteiger partial charge in [-0.2, -0.15) is 0 Å². The Labute approximate surface area is 117 Å². The monoisotopic (exact) mass is 265 g/mol. The Balaban J connectivity index is 3.15. The van der Waals surface area contributed by atoms with Crippen LogP contribution in [0, 0.1) is 18.8 Å². The number of aryl methyl sites for hydroxylation is 1. The minimum atomic E-state index is 0.200. The first-order chi connectivity index (χ1) is 8.92. The fourth-order valence-corrected chi connectivity index (χ4v) is 2.69. The fourth-order valence-electron chi connectivity index (χ4n) is 2.69. The molecular formula is C16H27NO2. The number of methoxy groups -OCH3 is 1. The molecule has 3 nitrogen and oxygen atoms in total. The quantitative estimate of drug-likeness (QED) is 0.858. The van der Waals surface area contributed by atoms with Gasteiger partial charge in [-0.25, -0.2) is 0 Å². The van der Waals surface area contributed by atoms with Crippen molar-refractivity contribution < 1.29 is 9.84 Å². The van der Waals surface area contributed by atoms with E-state index in [0.717, 1.165) is 11.3 Å². The van der Waals surface area contributed by atoms with E-state index in [-0.39, 0.29) is 18.6 Å². The van der Waals surface area contributed by atoms with E-state index >= 15 is 0 Å². The van der Waals surface area contributed by atoms with E-state index < -0.39 is 0 Å². The lowest BCUT2D eigenvalue weighted by atomic mass is 9.84. The molecule has 0 fully saturated rings. The molecule has 0 spiro atoms. The number of aliphatic hydroxyl groups is 1. The first kappa shape index (κ1) is 16.0. The number of aliphatic hydroxyl groups excluding tert-OH is 1. The molecule has 1 N–H and O–H groups in total. The maximum absolute atomic E-state index is 9.70. The average molecular weight is 265 g/mol. The summed E-state index contributed by atoms with van der Waals surface area (Å²) >= 11 is 0. The minimum absolute atomic E-state index is 0.200. The van der Waals surface area contributed by atoms with Crippen molar-refractivity contribution in [3.8, 4) is 5.75 Å². The summed E-state index contributed by atoms with van der Waals surface area (Å²) in [4.78, 5) is 2.18. The van der Waals surface area contributed by atoms with Crippen molar-refractivity contribution in [2.45, 2.75) is 26.8 Å². The lowest BCUT2D eigenvalue weighted by molar-refractivity contribution is 0.100. The highest BCUT2D eigenvalue weighted by atomic mass is 16.5. The van der Waals surface area contributed by atoms with E-state index in [4.69, 9.17) is 4.74 Å². The smallest absolute Gasteiger partial charge is 0.121 e. The van der Waals surface area contributed by atoms with Gasteiger partial charge >= 0.3 is 0 Å². The van der Waals surface area contributed by atoms with Crippen LogP contribution in [0.2, 0.25) is 0 Å². The van der Waals surface area contributed by atoms with Gasteiger partial charge in [-0.1, -0.05) is 26.0 Å². The van der Waals surface area contributed by atoms with Gasteiger partial charge in [-0.3, -0.25) is 0 Å². The molecule has 0 saturated carbocycles. The van der Waals surface area contributed by atoms with E-state index in [1.165, 1.54) is 5.56 Å². The van der Waals surface area contributed by atoms with Crippen molar-refractivity contribution in [1.82, 2.24) is 4.90 Å². The SMILES string of the molecule is COc1ccc(C(C(CO)C(C)C)N(C)C)cc1C. The maximum atomic E-state index is 9.70. The predicted octanol–water partition coefficient (Wildman–Crippen LogP) is 2.87. The fraction of sp³-hybridized carbons (Fsp3) is 0.625. The Kier molecular flexibility index (Phi) is 5.83. The summed E-state index contributed by atoms with van der Waals surface area (Å²) in [6, 6.07) is 6.49. The molecular weight excluding hydrogens is 238 g/mol. The van der Waals surface area contributed by atoms with Crippen LogP contribution in [0.25, 0.3) is 0 Å². The third kappa shape index (κ3) is 3.71. The highest BCUT2D eigenvalue weighted by molar-refractivity contribution is 5.37. The van der Waals surface area contributed by atoms with Crippen LogP contribution in [-0.2, 0) is 0 Å². The predicted molar refractivity (Wildman–Crippen MR) is 79.6 cm³/mol. The van der Waals surface area contributed by atoms with Crippen molar-refractivity contribution >= 4 is 0 Å². The first-order valence-corrected chi connectivity index (χ1v) is 6.84. The van der Waals surface area contributed by atoms with Gasteiger partial charge in [-0.05, 0) is 44.1 Å². The molecule has 3 heteroatoms. The molecule has 0 heterocycles. The topological polar surface area (TPSA) is 32.7 Å². The number of rotatable bonds is 6. The largest absolute Gasteiger partial charge is 0.496 e. The van der Waals surface area contributed by atoms with Gasteiger partial charge in [0.1, 0.15) is 5.75 Å². The van der Waals surface area contributed by atoms with E-state index in [9.17, 15) is 5.11 Å². The van der Waals surface area contributed by atoms with Gasteiger partial charge in [0.15, 0.2) is 0 Å². The molecule has 2 atom stereocenters. The van der Waals surface area contributed by atoms with Crippen LogP contribution in [0.5, 0.6) is 5.75 Å². The van der Waals surface area contributed by atoms with E-state index in [1.54, 1.807) is 7.11 Å². The van der Waals surface area contributed by atoms with Gasteiger partial charge in [0.25, 0.3) is 0 Å². The second kappa shape index (κ2) is 6.92. The van der Waals surface area contributed by atoms with Crippen LogP contribution < -0.4 is 4.74 Å². The molecule has 0 aliphatic heterocycles. The zero-order chi connectivity index (χ0) is 14.6. The van der Waals surface area contributed by atoms with Crippen LogP contribution in [0.15, 0.2) is 18.2 Å². The van der Waals surface area contributed by atoms with Gasteiger partial charge in [0, 0.05) is 18.6 Å². The Bertz CT molecular complexity index is 402. The molecule has 0 aliphatic carbocycles. The number of benzene rings is 1. The summed E-state index contributed by atoms with van der Waals surface area (Å²) in [7, 11) is 5.82. The van der Waals surface area contributed by atoms with Crippen molar-refractivity contribution in [2.75, 3.05) is 27.8 Å². The summed E-state index contributed by atoms with van der Waals surface area (Å²) in [5.74, 6) is 1.56. The second-order valence-electron chi connectivity index (χ2n) is 5.73. The van der Waals surface area contributed by atoms with Gasteiger partial charge < -0.3 is 14.7 Å². The molecule has 0 radical (unpaired) electrons. The highest BCUT2D eigenvalue weighted by Gasteiger charge is 2.27. The standard InChI is InChI=1S/C16H27NO2/c1-11(2)14(10-18)16(17(4)5)13-7-8-15(19-6)12(3)9-13/h7-9,11,14,16,18H,10H2,1-6H3. The highest BCUT2D eigenvalue weighted by Crippen LogP contribution is 2.33. The summed E-state index contributed by atoms with van der Waals surface area (Å²) in [6.45, 7) is 6.57. The number of hydrogen-bond acceptors (Lipinski definition) is 3. The molecule has 19 heavy (non-hydrogen) atoms. The molecule has 108 valence electrons. The van der Waals surface area contributed by atoms with Crippen LogP contribution in [0.4, 0.5) is 0 Å². The molecule has 2 unspecified atom stereocenters. The molecule has 1 aromatic rings. The lowest BCUT2D eigenvalue weighted by Crippen LogP contribution is -2.32. The zero-order valence-corrected chi connectivity index (χ0v) is 13.0. The van der Waals surface area contributed by atoms with Crippen molar-refractivity contribution in [2.24, 2.45) is 11.8 Å². The molecule has 1 rings (SSSR count). The van der Waals surface area contributed by atoms with Crippen LogP contribution in [0.1, 0.15) is 31.0 Å². The van der Waals surface area contributed by atoms with Crippen LogP contribution in [0.3, 0.4) is 0 Å². The third-order valence-electron chi connectivity index (χ3n) is 3.79. The maximum Gasteiger partial charge on any atom is 0.121 e. The molecule has 0 bridgehead atoms. The molecule has 0 aliphatic rings. The van der Waals surface area contributed by atoms with E-state index in [0.29, 0.717) is 5.92 Å². The summed E-state index contributed by atoms with van der Waals surface area (Å²) in [5.41, 5.74) is 2.36. The second-order valence-corrected chi connectivity index (χ2v) is 5.73. The van der Waals surface area contributed by atoms with Crippen molar-refractivity contribution in [3.05, 3.63) is 29.3 Å². The van der Waals surface area contributed by atoms with Gasteiger partial charge in [0.2, 0.25) is 0 Å². The normalized spacial score (nSPS) is 14.8. The molecule has 0 saturated heterocycles. The molecule has 1 aromatic carbocycles. The van der Waals surface area contributed by atoms with E-state index in [1.807, 2.05) is 6.07 Å². The minimum Gasteiger partial charge on any atom is -0.496 e. The van der Waals surface area contributed by atoms with Crippen molar-refractivity contribution in [3.63, 3.8) is 0 Å². The molecule has 0 aromatic heterocycles. The Morgan fingerprint density at radius 1 is 1.26 bits per heavy atom. The van der Waals surface area contributed by atoms with E-state index in [2.05, 4.69) is 51.9 Å². The molecule has 0 amide bonds. The van der Waals surface area contributed by atoms with Crippen molar-refractivity contribution in [1.29, 1.82) is 0 Å². The average Bonchev–Trinajstić information content (AvgIpc) is 2.34. The van der Waals surface area contributed by atoms with Crippen LogP contribution >= 0.6 is 0 Å². The van der Waals surface area contributed by atoms with Gasteiger partial charge in [-0.15, -0.1) is 0 Å². The number of nitrogens with zero attached hydrogens (tertiary/aromatic N) is 1. The Morgan fingerprint density at radius 3 is 2.26 bits per heavy atom. The first-order valence-electron chi connectivity index (χ1n) is 6.84. The van der Waals surface area contributed by atoms with Crippen LogP contribution in [-0.4, -0.2) is 37.8 Å². The summed E-state index contributed by atoms with van der Waals surface area (Å²) < 4.78 is 5.31. The Hall–Kier alpha value is -1.06. The summed E-state index contributed by atoms with van der Waals surface area (Å²) in [6.07, 6.45) is 0. The van der Waals surface area contributed by atoms with Gasteiger partial charge in [0.05, 0.1) is 7.11 Å².